The summed E-state index contributed by atoms with van der Waals surface area (Å²) in [5, 5.41) is 8.08. The van der Waals surface area contributed by atoms with Gasteiger partial charge in [-0.1, -0.05) is 17.7 Å². The third kappa shape index (κ3) is 1.66. The molecule has 0 unspecified atom stereocenters. The minimum absolute atomic E-state index is 0.138. The van der Waals surface area contributed by atoms with Crippen molar-refractivity contribution in [2.75, 3.05) is 6.61 Å². The van der Waals surface area contributed by atoms with Crippen LogP contribution in [0, 0.1) is 12.8 Å². The molecule has 2 heterocycles. The average molecular weight is 278 g/mol. The van der Waals surface area contributed by atoms with E-state index >= 15 is 0 Å². The van der Waals surface area contributed by atoms with Crippen LogP contribution in [-0.2, 0) is 20.3 Å². The molecule has 19 heavy (non-hydrogen) atoms. The molecule has 0 aliphatic carbocycles. The largest absolute Gasteiger partial charge is 0.463 e. The fraction of sp³-hybridized carbons (Fsp3) is 0.462. The van der Waals surface area contributed by atoms with Gasteiger partial charge in [-0.3, -0.25) is 4.21 Å². The van der Waals surface area contributed by atoms with Gasteiger partial charge in [0.1, 0.15) is 6.61 Å². The molecule has 0 bridgehead atoms. The maximum absolute atomic E-state index is 12.8. The van der Waals surface area contributed by atoms with Gasteiger partial charge < -0.3 is 4.74 Å². The molecule has 2 aliphatic heterocycles. The second-order valence-electron chi connectivity index (χ2n) is 4.94. The zero-order valence-corrected chi connectivity index (χ0v) is 11.5. The summed E-state index contributed by atoms with van der Waals surface area (Å²) >= 11 is 0. The highest BCUT2D eigenvalue weighted by Gasteiger charge is 2.63. The number of benzene rings is 1. The second kappa shape index (κ2) is 4.23. The van der Waals surface area contributed by atoms with Crippen molar-refractivity contribution in [3.8, 4) is 0 Å². The Morgan fingerprint density at radius 2 is 2.05 bits per heavy atom. The van der Waals surface area contributed by atoms with Crippen molar-refractivity contribution in [1.29, 1.82) is 0 Å². The van der Waals surface area contributed by atoms with Crippen LogP contribution in [0.3, 0.4) is 0 Å². The molecule has 1 fully saturated rings. The van der Waals surface area contributed by atoms with E-state index in [1.165, 1.54) is 0 Å². The summed E-state index contributed by atoms with van der Waals surface area (Å²) in [6, 6.07) is 7.13. The highest BCUT2D eigenvalue weighted by Crippen LogP contribution is 2.44. The van der Waals surface area contributed by atoms with Crippen molar-refractivity contribution in [2.24, 2.45) is 16.1 Å². The molecule has 4 atom stereocenters. The molecule has 1 aromatic rings. The number of hydrogen-bond acceptors (Lipinski definition) is 5. The van der Waals surface area contributed by atoms with Crippen LogP contribution in [0.1, 0.15) is 12.5 Å². The molecule has 3 rings (SSSR count). The van der Waals surface area contributed by atoms with Crippen molar-refractivity contribution in [2.45, 2.75) is 29.7 Å². The summed E-state index contributed by atoms with van der Waals surface area (Å²) < 4.78 is 17.8. The number of esters is 1. The van der Waals surface area contributed by atoms with Crippen LogP contribution in [0.15, 0.2) is 39.4 Å². The standard InChI is InChI=1S/C13H14N2O3S/c1-8-3-5-10(6-4-8)19(17)13-11(7-18-12(13)16)9(2)14-15-13/h3-6,9,11H,7H2,1-2H3/t9-,11-,13-,19+/m1/s1. The summed E-state index contributed by atoms with van der Waals surface area (Å²) in [5.41, 5.74) is 1.07. The highest BCUT2D eigenvalue weighted by atomic mass is 32.2. The summed E-state index contributed by atoms with van der Waals surface area (Å²) in [5.74, 6) is -0.758. The van der Waals surface area contributed by atoms with Gasteiger partial charge >= 0.3 is 5.97 Å². The fourth-order valence-electron chi connectivity index (χ4n) is 2.46. The lowest BCUT2D eigenvalue weighted by molar-refractivity contribution is -0.140. The van der Waals surface area contributed by atoms with Crippen molar-refractivity contribution in [3.63, 3.8) is 0 Å². The van der Waals surface area contributed by atoms with Crippen LogP contribution in [0.4, 0.5) is 0 Å². The van der Waals surface area contributed by atoms with Crippen LogP contribution in [-0.4, -0.2) is 27.7 Å². The van der Waals surface area contributed by atoms with Gasteiger partial charge in [0.25, 0.3) is 4.87 Å². The van der Waals surface area contributed by atoms with E-state index in [9.17, 15) is 9.00 Å². The number of azo groups is 1. The van der Waals surface area contributed by atoms with E-state index in [4.69, 9.17) is 4.74 Å². The number of rotatable bonds is 2. The molecule has 100 valence electrons. The molecular formula is C13H14N2O3S. The average Bonchev–Trinajstić information content (AvgIpc) is 2.91. The third-order valence-electron chi connectivity index (χ3n) is 3.68. The van der Waals surface area contributed by atoms with Gasteiger partial charge in [-0.05, 0) is 26.0 Å². The van der Waals surface area contributed by atoms with E-state index in [-0.39, 0.29) is 18.6 Å². The van der Waals surface area contributed by atoms with Crippen LogP contribution < -0.4 is 0 Å². The Balaban J connectivity index is 2.04. The molecule has 1 saturated heterocycles. The molecule has 5 nitrogen and oxygen atoms in total. The van der Waals surface area contributed by atoms with E-state index in [1.807, 2.05) is 26.0 Å². The van der Waals surface area contributed by atoms with E-state index in [1.54, 1.807) is 12.1 Å². The molecule has 6 heteroatoms. The quantitative estimate of drug-likeness (QED) is 0.775. The van der Waals surface area contributed by atoms with E-state index in [0.717, 1.165) is 5.56 Å². The molecule has 0 radical (unpaired) electrons. The van der Waals surface area contributed by atoms with Gasteiger partial charge in [0.2, 0.25) is 0 Å². The zero-order valence-electron chi connectivity index (χ0n) is 10.7. The van der Waals surface area contributed by atoms with Gasteiger partial charge in [0.15, 0.2) is 0 Å². The van der Waals surface area contributed by atoms with E-state index in [0.29, 0.717) is 4.90 Å². The van der Waals surface area contributed by atoms with Gasteiger partial charge in [-0.15, -0.1) is 0 Å². The Hall–Kier alpha value is -1.56. The number of carbonyl (C=O) groups is 1. The maximum Gasteiger partial charge on any atom is 0.350 e. The van der Waals surface area contributed by atoms with Gasteiger partial charge in [-0.2, -0.15) is 10.2 Å². The molecule has 0 amide bonds. The lowest BCUT2D eigenvalue weighted by Crippen LogP contribution is -2.43. The molecule has 0 spiro atoms. The van der Waals surface area contributed by atoms with Crippen molar-refractivity contribution in [3.05, 3.63) is 29.8 Å². The zero-order chi connectivity index (χ0) is 13.6. The van der Waals surface area contributed by atoms with Crippen molar-refractivity contribution >= 4 is 16.8 Å². The molecule has 2 aliphatic rings. The van der Waals surface area contributed by atoms with Crippen molar-refractivity contribution < 1.29 is 13.7 Å². The number of ether oxygens (including phenoxy) is 1. The van der Waals surface area contributed by atoms with Crippen LogP contribution in [0.5, 0.6) is 0 Å². The molecule has 1 aromatic carbocycles. The first kappa shape index (κ1) is 12.5. The topological polar surface area (TPSA) is 68.1 Å². The van der Waals surface area contributed by atoms with E-state index in [2.05, 4.69) is 10.2 Å². The Labute approximate surface area is 113 Å². The number of hydrogen-bond donors (Lipinski definition) is 0. The monoisotopic (exact) mass is 278 g/mol. The molecule has 0 N–H and O–H groups in total. The predicted molar refractivity (Wildman–Crippen MR) is 69.1 cm³/mol. The minimum Gasteiger partial charge on any atom is -0.463 e. The van der Waals surface area contributed by atoms with Crippen LogP contribution in [0.2, 0.25) is 0 Å². The SMILES string of the molecule is Cc1ccc([S@](=O)[C@]23N=N[C@H](C)[C@H]2COC3=O)cc1. The second-order valence-corrected chi connectivity index (χ2v) is 6.57. The Kier molecular flexibility index (Phi) is 2.78. The number of cyclic esters (lactones) is 1. The number of carbonyl (C=O) groups excluding carboxylic acids is 1. The minimum atomic E-state index is -1.58. The summed E-state index contributed by atoms with van der Waals surface area (Å²) in [4.78, 5) is 11.3. The summed E-state index contributed by atoms with van der Waals surface area (Å²) in [6.07, 6.45) is 0. The normalized spacial score (nSPS) is 34.1. The Morgan fingerprint density at radius 3 is 2.74 bits per heavy atom. The summed E-state index contributed by atoms with van der Waals surface area (Å²) in [6.45, 7) is 4.06. The highest BCUT2D eigenvalue weighted by molar-refractivity contribution is 7.87. The van der Waals surface area contributed by atoms with Crippen LogP contribution in [0.25, 0.3) is 0 Å². The molecule has 0 aromatic heterocycles. The Bertz CT molecular complexity index is 584. The summed E-state index contributed by atoms with van der Waals surface area (Å²) in [7, 11) is -1.58. The maximum atomic E-state index is 12.8. The van der Waals surface area contributed by atoms with Gasteiger partial charge in [0.05, 0.1) is 22.8 Å². The lowest BCUT2D eigenvalue weighted by Gasteiger charge is -2.20. The Morgan fingerprint density at radius 1 is 1.37 bits per heavy atom. The third-order valence-corrected chi connectivity index (χ3v) is 5.49. The first-order valence-electron chi connectivity index (χ1n) is 6.13. The first-order valence-corrected chi connectivity index (χ1v) is 7.28. The number of fused-ring (bicyclic) bond motifs is 1. The number of aryl methyl sites for hydroxylation is 1. The fourth-order valence-corrected chi connectivity index (χ4v) is 4.08. The first-order chi connectivity index (χ1) is 9.05. The van der Waals surface area contributed by atoms with Crippen molar-refractivity contribution in [1.82, 2.24) is 0 Å². The predicted octanol–water partition coefficient (Wildman–Crippen LogP) is 1.83. The smallest absolute Gasteiger partial charge is 0.350 e. The van der Waals surface area contributed by atoms with Gasteiger partial charge in [-0.25, -0.2) is 4.79 Å². The molecule has 0 saturated carbocycles. The number of nitrogens with zero attached hydrogens (tertiary/aromatic N) is 2. The molecular weight excluding hydrogens is 264 g/mol. The van der Waals surface area contributed by atoms with E-state index < -0.39 is 21.6 Å². The van der Waals surface area contributed by atoms with Crippen LogP contribution >= 0.6 is 0 Å². The van der Waals surface area contributed by atoms with Gasteiger partial charge in [0, 0.05) is 4.90 Å². The lowest BCUT2D eigenvalue weighted by atomic mass is 9.98.